The van der Waals surface area contributed by atoms with Gasteiger partial charge in [0.1, 0.15) is 5.76 Å². The summed E-state index contributed by atoms with van der Waals surface area (Å²) >= 11 is 0. The van der Waals surface area contributed by atoms with Gasteiger partial charge in [0.2, 0.25) is 5.91 Å². The number of fused-ring (bicyclic) bond motifs is 2. The molecular weight excluding hydrogens is 240 g/mol. The fourth-order valence-corrected chi connectivity index (χ4v) is 3.51. The quantitative estimate of drug-likeness (QED) is 0.876. The standard InChI is InChI=1S/C15H22N2O2/c1-10(14-3-2-6-19-14)16-15(18)9-11-7-12-4-5-13(8-11)17-12/h2-3,6,10-13,17H,4-5,7-9H2,1H3,(H,16,18). The minimum Gasteiger partial charge on any atom is -0.467 e. The molecule has 1 aromatic heterocycles. The summed E-state index contributed by atoms with van der Waals surface area (Å²) < 4.78 is 5.31. The zero-order chi connectivity index (χ0) is 13.2. The van der Waals surface area contributed by atoms with E-state index in [-0.39, 0.29) is 11.9 Å². The van der Waals surface area contributed by atoms with Crippen molar-refractivity contribution < 1.29 is 9.21 Å². The SMILES string of the molecule is CC(NC(=O)CC1CC2CCC(C1)N2)c1ccco1. The van der Waals surface area contributed by atoms with Gasteiger partial charge in [0.05, 0.1) is 12.3 Å². The van der Waals surface area contributed by atoms with E-state index in [9.17, 15) is 4.79 Å². The molecule has 2 fully saturated rings. The molecule has 0 saturated carbocycles. The molecule has 2 N–H and O–H groups in total. The highest BCUT2D eigenvalue weighted by molar-refractivity contribution is 5.76. The first-order valence-electron chi connectivity index (χ1n) is 7.29. The molecule has 4 heteroatoms. The maximum absolute atomic E-state index is 12.1. The highest BCUT2D eigenvalue weighted by atomic mass is 16.3. The van der Waals surface area contributed by atoms with E-state index in [2.05, 4.69) is 10.6 Å². The molecule has 1 amide bonds. The molecule has 104 valence electrons. The summed E-state index contributed by atoms with van der Waals surface area (Å²) in [5.74, 6) is 1.51. The van der Waals surface area contributed by atoms with Gasteiger partial charge in [-0.25, -0.2) is 0 Å². The van der Waals surface area contributed by atoms with Gasteiger partial charge >= 0.3 is 0 Å². The third kappa shape index (κ3) is 3.00. The van der Waals surface area contributed by atoms with Crippen LogP contribution in [0.15, 0.2) is 22.8 Å². The molecule has 2 bridgehead atoms. The van der Waals surface area contributed by atoms with Gasteiger partial charge in [0, 0.05) is 18.5 Å². The number of carbonyl (C=O) groups excluding carboxylic acids is 1. The van der Waals surface area contributed by atoms with Crippen LogP contribution in [0.5, 0.6) is 0 Å². The summed E-state index contributed by atoms with van der Waals surface area (Å²) in [4.78, 5) is 12.1. The Morgan fingerprint density at radius 1 is 1.47 bits per heavy atom. The fourth-order valence-electron chi connectivity index (χ4n) is 3.51. The zero-order valence-electron chi connectivity index (χ0n) is 11.4. The minimum absolute atomic E-state index is 0.0408. The number of furan rings is 1. The zero-order valence-corrected chi connectivity index (χ0v) is 11.4. The van der Waals surface area contributed by atoms with Gasteiger partial charge in [-0.2, -0.15) is 0 Å². The minimum atomic E-state index is -0.0408. The van der Waals surface area contributed by atoms with Gasteiger partial charge in [0.15, 0.2) is 0 Å². The molecule has 4 nitrogen and oxygen atoms in total. The topological polar surface area (TPSA) is 54.3 Å². The van der Waals surface area contributed by atoms with Gasteiger partial charge in [-0.1, -0.05) is 0 Å². The van der Waals surface area contributed by atoms with Crippen molar-refractivity contribution in [3.8, 4) is 0 Å². The third-order valence-electron chi connectivity index (χ3n) is 4.39. The summed E-state index contributed by atoms with van der Waals surface area (Å²) in [5.41, 5.74) is 0. The predicted octanol–water partition coefficient (Wildman–Crippen LogP) is 2.38. The maximum Gasteiger partial charge on any atom is 0.220 e. The number of hydrogen-bond acceptors (Lipinski definition) is 3. The lowest BCUT2D eigenvalue weighted by Crippen LogP contribution is -2.40. The monoisotopic (exact) mass is 262 g/mol. The van der Waals surface area contributed by atoms with E-state index < -0.39 is 0 Å². The van der Waals surface area contributed by atoms with Gasteiger partial charge < -0.3 is 15.1 Å². The van der Waals surface area contributed by atoms with Crippen LogP contribution in [0.25, 0.3) is 0 Å². The molecule has 0 radical (unpaired) electrons. The lowest BCUT2D eigenvalue weighted by molar-refractivity contribution is -0.123. The summed E-state index contributed by atoms with van der Waals surface area (Å²) in [6, 6.07) is 5.01. The molecule has 0 aromatic carbocycles. The van der Waals surface area contributed by atoms with E-state index in [1.807, 2.05) is 19.1 Å². The van der Waals surface area contributed by atoms with Crippen molar-refractivity contribution in [2.24, 2.45) is 5.92 Å². The number of hydrogen-bond donors (Lipinski definition) is 2. The number of rotatable bonds is 4. The molecule has 3 rings (SSSR count). The predicted molar refractivity (Wildman–Crippen MR) is 72.6 cm³/mol. The second kappa shape index (κ2) is 5.37. The lowest BCUT2D eigenvalue weighted by atomic mass is 9.89. The summed E-state index contributed by atoms with van der Waals surface area (Å²) in [6.45, 7) is 1.96. The molecule has 19 heavy (non-hydrogen) atoms. The van der Waals surface area contributed by atoms with Crippen LogP contribution in [-0.4, -0.2) is 18.0 Å². The van der Waals surface area contributed by atoms with Crippen molar-refractivity contribution in [1.82, 2.24) is 10.6 Å². The van der Waals surface area contributed by atoms with Crippen molar-refractivity contribution in [3.63, 3.8) is 0 Å². The van der Waals surface area contributed by atoms with Crippen molar-refractivity contribution in [1.29, 1.82) is 0 Å². The Kier molecular flexibility index (Phi) is 3.60. The van der Waals surface area contributed by atoms with Crippen LogP contribution >= 0.6 is 0 Å². The maximum atomic E-state index is 12.1. The number of carbonyl (C=O) groups is 1. The van der Waals surface area contributed by atoms with Crippen LogP contribution in [0.2, 0.25) is 0 Å². The van der Waals surface area contributed by atoms with Crippen molar-refractivity contribution in [3.05, 3.63) is 24.2 Å². The average molecular weight is 262 g/mol. The molecule has 2 aliphatic heterocycles. The molecule has 0 spiro atoms. The van der Waals surface area contributed by atoms with Gasteiger partial charge in [-0.3, -0.25) is 4.79 Å². The van der Waals surface area contributed by atoms with Gasteiger partial charge in [0.25, 0.3) is 0 Å². The van der Waals surface area contributed by atoms with Gasteiger partial charge in [-0.15, -0.1) is 0 Å². The third-order valence-corrected chi connectivity index (χ3v) is 4.39. The first-order valence-corrected chi connectivity index (χ1v) is 7.29. The molecule has 3 atom stereocenters. The van der Waals surface area contributed by atoms with Crippen LogP contribution in [0, 0.1) is 5.92 Å². The van der Waals surface area contributed by atoms with Gasteiger partial charge in [-0.05, 0) is 50.7 Å². The number of nitrogens with one attached hydrogen (secondary N) is 2. The average Bonchev–Trinajstić information content (AvgIpc) is 2.99. The molecule has 1 aromatic rings. The molecule has 3 unspecified atom stereocenters. The van der Waals surface area contributed by atoms with Crippen LogP contribution in [0.1, 0.15) is 50.8 Å². The van der Waals surface area contributed by atoms with Crippen LogP contribution < -0.4 is 10.6 Å². The smallest absolute Gasteiger partial charge is 0.220 e. The normalized spacial score (nSPS) is 31.1. The van der Waals surface area contributed by atoms with Crippen molar-refractivity contribution in [2.75, 3.05) is 0 Å². The Bertz CT molecular complexity index is 417. The van der Waals surface area contributed by atoms with Crippen molar-refractivity contribution >= 4 is 5.91 Å². The summed E-state index contributed by atoms with van der Waals surface area (Å²) in [7, 11) is 0. The largest absolute Gasteiger partial charge is 0.467 e. The first-order chi connectivity index (χ1) is 9.20. The van der Waals surface area contributed by atoms with E-state index in [0.29, 0.717) is 24.4 Å². The van der Waals surface area contributed by atoms with E-state index in [0.717, 1.165) is 18.6 Å². The highest BCUT2D eigenvalue weighted by Gasteiger charge is 2.34. The highest BCUT2D eigenvalue weighted by Crippen LogP contribution is 2.32. The van der Waals surface area contributed by atoms with E-state index in [1.165, 1.54) is 12.8 Å². The van der Waals surface area contributed by atoms with Crippen molar-refractivity contribution in [2.45, 2.75) is 57.2 Å². The second-order valence-electron chi connectivity index (χ2n) is 5.98. The molecule has 2 aliphatic rings. The molecule has 3 heterocycles. The Hall–Kier alpha value is -1.29. The summed E-state index contributed by atoms with van der Waals surface area (Å²) in [5, 5.41) is 6.64. The second-order valence-corrected chi connectivity index (χ2v) is 5.98. The van der Waals surface area contributed by atoms with Crippen LogP contribution in [-0.2, 0) is 4.79 Å². The number of amides is 1. The van der Waals surface area contributed by atoms with E-state index >= 15 is 0 Å². The Morgan fingerprint density at radius 2 is 2.21 bits per heavy atom. The Morgan fingerprint density at radius 3 is 2.84 bits per heavy atom. The summed E-state index contributed by atoms with van der Waals surface area (Å²) in [6.07, 6.45) is 7.16. The lowest BCUT2D eigenvalue weighted by Gasteiger charge is -2.28. The number of piperidine rings is 1. The Labute approximate surface area is 113 Å². The van der Waals surface area contributed by atoms with Crippen LogP contribution in [0.3, 0.4) is 0 Å². The van der Waals surface area contributed by atoms with E-state index in [1.54, 1.807) is 6.26 Å². The molecule has 2 saturated heterocycles. The first kappa shape index (κ1) is 12.7. The van der Waals surface area contributed by atoms with E-state index in [4.69, 9.17) is 4.42 Å². The molecular formula is C15H22N2O2. The molecule has 0 aliphatic carbocycles. The Balaban J connectivity index is 1.49. The van der Waals surface area contributed by atoms with Crippen LogP contribution in [0.4, 0.5) is 0 Å². The fraction of sp³-hybridized carbons (Fsp3) is 0.667.